The van der Waals surface area contributed by atoms with E-state index in [1.54, 1.807) is 0 Å². The summed E-state index contributed by atoms with van der Waals surface area (Å²) < 4.78 is 0. The van der Waals surface area contributed by atoms with Gasteiger partial charge in [0, 0.05) is 12.6 Å². The molecule has 0 radical (unpaired) electrons. The number of hydrogen-bond donors (Lipinski definition) is 2. The standard InChI is InChI=1S/C10H22N2OS/c1-9(2)12-8-10(13)11-6-4-5-7-14-3/h9,12H,4-8H2,1-3H3,(H,11,13). The average Bonchev–Trinajstić information content (AvgIpc) is 2.14. The molecule has 0 atom stereocenters. The Morgan fingerprint density at radius 2 is 2.07 bits per heavy atom. The summed E-state index contributed by atoms with van der Waals surface area (Å²) in [6, 6.07) is 0.372. The van der Waals surface area contributed by atoms with Gasteiger partial charge in [-0.25, -0.2) is 0 Å². The van der Waals surface area contributed by atoms with Crippen LogP contribution >= 0.6 is 11.8 Å². The average molecular weight is 218 g/mol. The van der Waals surface area contributed by atoms with E-state index in [4.69, 9.17) is 0 Å². The zero-order chi connectivity index (χ0) is 10.8. The second kappa shape index (κ2) is 9.34. The second-order valence-corrected chi connectivity index (χ2v) is 4.57. The zero-order valence-corrected chi connectivity index (χ0v) is 10.2. The van der Waals surface area contributed by atoms with Crippen LogP contribution < -0.4 is 10.6 Å². The van der Waals surface area contributed by atoms with Crippen LogP contribution in [-0.2, 0) is 4.79 Å². The molecule has 0 aliphatic heterocycles. The number of rotatable bonds is 8. The molecule has 0 bridgehead atoms. The molecule has 0 aromatic rings. The lowest BCUT2D eigenvalue weighted by Crippen LogP contribution is -2.37. The minimum Gasteiger partial charge on any atom is -0.355 e. The molecule has 84 valence electrons. The lowest BCUT2D eigenvalue weighted by molar-refractivity contribution is -0.120. The van der Waals surface area contributed by atoms with Gasteiger partial charge in [-0.2, -0.15) is 11.8 Å². The van der Waals surface area contributed by atoms with E-state index in [1.807, 2.05) is 25.6 Å². The monoisotopic (exact) mass is 218 g/mol. The number of hydrogen-bond acceptors (Lipinski definition) is 3. The van der Waals surface area contributed by atoms with Gasteiger partial charge in [0.25, 0.3) is 0 Å². The molecule has 0 heterocycles. The van der Waals surface area contributed by atoms with Crippen molar-refractivity contribution >= 4 is 17.7 Å². The van der Waals surface area contributed by atoms with Crippen LogP contribution in [0.2, 0.25) is 0 Å². The minimum absolute atomic E-state index is 0.0999. The molecule has 0 spiro atoms. The van der Waals surface area contributed by atoms with E-state index in [0.29, 0.717) is 12.6 Å². The molecule has 0 saturated heterocycles. The summed E-state index contributed by atoms with van der Waals surface area (Å²) in [5, 5.41) is 5.97. The van der Waals surface area contributed by atoms with Crippen molar-refractivity contribution in [3.8, 4) is 0 Å². The number of unbranched alkanes of at least 4 members (excludes halogenated alkanes) is 1. The van der Waals surface area contributed by atoms with Crippen LogP contribution in [0, 0.1) is 0 Å². The molecular weight excluding hydrogens is 196 g/mol. The van der Waals surface area contributed by atoms with E-state index >= 15 is 0 Å². The number of carbonyl (C=O) groups is 1. The van der Waals surface area contributed by atoms with Crippen molar-refractivity contribution in [2.75, 3.05) is 25.1 Å². The van der Waals surface area contributed by atoms with Crippen LogP contribution in [-0.4, -0.2) is 37.0 Å². The van der Waals surface area contributed by atoms with Crippen molar-refractivity contribution in [3.05, 3.63) is 0 Å². The highest BCUT2D eigenvalue weighted by molar-refractivity contribution is 7.98. The molecule has 1 amide bonds. The first kappa shape index (κ1) is 13.8. The summed E-state index contributed by atoms with van der Waals surface area (Å²) in [6.07, 6.45) is 4.36. The minimum atomic E-state index is 0.0999. The van der Waals surface area contributed by atoms with Crippen molar-refractivity contribution < 1.29 is 4.79 Å². The number of nitrogens with one attached hydrogen (secondary N) is 2. The predicted octanol–water partition coefficient (Wildman–Crippen LogP) is 1.24. The van der Waals surface area contributed by atoms with Crippen molar-refractivity contribution in [2.24, 2.45) is 0 Å². The highest BCUT2D eigenvalue weighted by atomic mass is 32.2. The fraction of sp³-hybridized carbons (Fsp3) is 0.900. The van der Waals surface area contributed by atoms with Gasteiger partial charge in [-0.1, -0.05) is 13.8 Å². The fourth-order valence-corrected chi connectivity index (χ4v) is 1.45. The Labute approximate surface area is 91.4 Å². The first-order valence-electron chi connectivity index (χ1n) is 5.16. The highest BCUT2D eigenvalue weighted by Crippen LogP contribution is 1.97. The van der Waals surface area contributed by atoms with Gasteiger partial charge in [-0.3, -0.25) is 4.79 Å². The number of thioether (sulfide) groups is 1. The fourth-order valence-electron chi connectivity index (χ4n) is 0.959. The van der Waals surface area contributed by atoms with Crippen LogP contribution in [0.5, 0.6) is 0 Å². The Bertz CT molecular complexity index is 151. The van der Waals surface area contributed by atoms with Gasteiger partial charge < -0.3 is 10.6 Å². The SMILES string of the molecule is CSCCCCNC(=O)CNC(C)C. The van der Waals surface area contributed by atoms with Crippen LogP contribution in [0.25, 0.3) is 0 Å². The van der Waals surface area contributed by atoms with E-state index in [9.17, 15) is 4.79 Å². The normalized spacial score (nSPS) is 10.6. The first-order chi connectivity index (χ1) is 6.66. The third-order valence-electron chi connectivity index (χ3n) is 1.77. The van der Waals surface area contributed by atoms with Crippen LogP contribution in [0.3, 0.4) is 0 Å². The largest absolute Gasteiger partial charge is 0.355 e. The predicted molar refractivity (Wildman–Crippen MR) is 63.8 cm³/mol. The quantitative estimate of drug-likeness (QED) is 0.602. The van der Waals surface area contributed by atoms with E-state index in [1.165, 1.54) is 12.2 Å². The Kier molecular flexibility index (Phi) is 9.19. The van der Waals surface area contributed by atoms with Gasteiger partial charge >= 0.3 is 0 Å². The molecule has 0 fully saturated rings. The van der Waals surface area contributed by atoms with Crippen molar-refractivity contribution in [3.63, 3.8) is 0 Å². The maximum atomic E-state index is 11.2. The van der Waals surface area contributed by atoms with Crippen LogP contribution in [0.1, 0.15) is 26.7 Å². The topological polar surface area (TPSA) is 41.1 Å². The van der Waals surface area contributed by atoms with Crippen molar-refractivity contribution in [1.82, 2.24) is 10.6 Å². The number of amides is 1. The number of carbonyl (C=O) groups excluding carboxylic acids is 1. The van der Waals surface area contributed by atoms with E-state index in [-0.39, 0.29) is 5.91 Å². The molecule has 0 aromatic carbocycles. The molecule has 0 aliphatic rings. The van der Waals surface area contributed by atoms with E-state index in [2.05, 4.69) is 16.9 Å². The molecule has 2 N–H and O–H groups in total. The summed E-state index contributed by atoms with van der Waals surface area (Å²) >= 11 is 1.85. The van der Waals surface area contributed by atoms with E-state index < -0.39 is 0 Å². The van der Waals surface area contributed by atoms with Gasteiger partial charge in [0.2, 0.25) is 5.91 Å². The maximum absolute atomic E-state index is 11.2. The smallest absolute Gasteiger partial charge is 0.233 e. The Morgan fingerprint density at radius 1 is 1.36 bits per heavy atom. The van der Waals surface area contributed by atoms with Crippen LogP contribution in [0.4, 0.5) is 0 Å². The van der Waals surface area contributed by atoms with E-state index in [0.717, 1.165) is 13.0 Å². The second-order valence-electron chi connectivity index (χ2n) is 3.59. The molecule has 0 saturated carbocycles. The molecule has 0 aromatic heterocycles. The van der Waals surface area contributed by atoms with Gasteiger partial charge in [0.1, 0.15) is 0 Å². The lowest BCUT2D eigenvalue weighted by Gasteiger charge is -2.08. The van der Waals surface area contributed by atoms with Crippen molar-refractivity contribution in [2.45, 2.75) is 32.7 Å². The van der Waals surface area contributed by atoms with Gasteiger partial charge in [-0.15, -0.1) is 0 Å². The summed E-state index contributed by atoms with van der Waals surface area (Å²) in [5.74, 6) is 1.28. The Morgan fingerprint density at radius 3 is 2.64 bits per heavy atom. The molecular formula is C10H22N2OS. The van der Waals surface area contributed by atoms with Gasteiger partial charge in [-0.05, 0) is 24.9 Å². The first-order valence-corrected chi connectivity index (χ1v) is 6.55. The molecule has 0 unspecified atom stereocenters. The summed E-state index contributed by atoms with van der Waals surface area (Å²) in [4.78, 5) is 11.2. The molecule has 4 heteroatoms. The molecule has 0 rings (SSSR count). The van der Waals surface area contributed by atoms with Gasteiger partial charge in [0.15, 0.2) is 0 Å². The molecule has 0 aliphatic carbocycles. The van der Waals surface area contributed by atoms with Gasteiger partial charge in [0.05, 0.1) is 6.54 Å². The maximum Gasteiger partial charge on any atom is 0.233 e. The lowest BCUT2D eigenvalue weighted by atomic mass is 10.3. The van der Waals surface area contributed by atoms with Crippen molar-refractivity contribution in [1.29, 1.82) is 0 Å². The summed E-state index contributed by atoms with van der Waals surface area (Å²) in [5.41, 5.74) is 0. The zero-order valence-electron chi connectivity index (χ0n) is 9.43. The summed E-state index contributed by atoms with van der Waals surface area (Å²) in [6.45, 7) is 5.30. The third-order valence-corrected chi connectivity index (χ3v) is 2.47. The Hall–Kier alpha value is -0.220. The highest BCUT2D eigenvalue weighted by Gasteiger charge is 2.00. The molecule has 3 nitrogen and oxygen atoms in total. The third kappa shape index (κ3) is 9.86. The van der Waals surface area contributed by atoms with Crippen LogP contribution in [0.15, 0.2) is 0 Å². The summed E-state index contributed by atoms with van der Waals surface area (Å²) in [7, 11) is 0. The Balaban J connectivity index is 3.18. The molecule has 14 heavy (non-hydrogen) atoms.